The number of nitrogens with zero attached hydrogens (tertiary/aromatic N) is 2. The summed E-state index contributed by atoms with van der Waals surface area (Å²) in [6, 6.07) is 14.7. The number of nitrogens with one attached hydrogen (secondary N) is 2. The number of carbonyl (C=O) groups excluding carboxylic acids is 2. The molecule has 0 fully saturated rings. The molecule has 0 unspecified atom stereocenters. The van der Waals surface area contributed by atoms with Crippen LogP contribution in [0.3, 0.4) is 0 Å². The van der Waals surface area contributed by atoms with Crippen LogP contribution in [0.4, 0.5) is 29.3 Å². The Morgan fingerprint density at radius 2 is 1.34 bits per heavy atom. The Morgan fingerprint density at radius 1 is 0.719 bits per heavy atom. The van der Waals surface area contributed by atoms with Gasteiger partial charge >= 0.3 is 12.2 Å². The lowest BCUT2D eigenvalue weighted by molar-refractivity contribution is -0.137. The lowest BCUT2D eigenvalue weighted by atomic mass is 10.0. The molecule has 0 aliphatic carbocycles. The van der Waals surface area contributed by atoms with Gasteiger partial charge in [0.15, 0.2) is 5.78 Å². The van der Waals surface area contributed by atoms with E-state index in [9.17, 15) is 22.8 Å². The smallest absolute Gasteiger partial charge is 0.308 e. The second-order valence-electron chi connectivity index (χ2n) is 6.83. The molecule has 32 heavy (non-hydrogen) atoms. The summed E-state index contributed by atoms with van der Waals surface area (Å²) in [5.41, 5.74) is 1.39. The van der Waals surface area contributed by atoms with Crippen molar-refractivity contribution in [2.24, 2.45) is 0 Å². The predicted octanol–water partition coefficient (Wildman–Crippen LogP) is 5.52. The number of benzene rings is 3. The first kappa shape index (κ1) is 21.0. The van der Waals surface area contributed by atoms with E-state index in [1.807, 2.05) is 0 Å². The Bertz CT molecular complexity index is 1320. The molecule has 0 aliphatic heterocycles. The molecule has 0 atom stereocenters. The molecule has 2 N–H and O–H groups in total. The van der Waals surface area contributed by atoms with Crippen molar-refractivity contribution in [2.45, 2.75) is 6.18 Å². The number of carbonyl (C=O) groups is 2. The molecular weight excluding hydrogens is 421 g/mol. The number of aromatic nitrogens is 2. The highest BCUT2D eigenvalue weighted by Crippen LogP contribution is 2.30. The van der Waals surface area contributed by atoms with Crippen LogP contribution >= 0.6 is 0 Å². The molecule has 4 aromatic rings. The minimum absolute atomic E-state index is 0.0122. The third-order valence-electron chi connectivity index (χ3n) is 4.56. The zero-order valence-electron chi connectivity index (χ0n) is 16.4. The van der Waals surface area contributed by atoms with Gasteiger partial charge in [-0.3, -0.25) is 14.8 Å². The molecule has 1 heterocycles. The van der Waals surface area contributed by atoms with Gasteiger partial charge in [-0.05, 0) is 48.5 Å². The van der Waals surface area contributed by atoms with Gasteiger partial charge in [0, 0.05) is 34.9 Å². The molecule has 0 spiro atoms. The normalized spacial score (nSPS) is 11.2. The topological polar surface area (TPSA) is 84.0 Å². The summed E-state index contributed by atoms with van der Waals surface area (Å²) in [4.78, 5) is 33.5. The fraction of sp³-hybridized carbons (Fsp3) is 0.0435. The number of fused-ring (bicyclic) bond motifs is 1. The van der Waals surface area contributed by atoms with E-state index in [1.165, 1.54) is 24.4 Å². The van der Waals surface area contributed by atoms with E-state index in [0.29, 0.717) is 27.8 Å². The number of hydrogen-bond donors (Lipinski definition) is 2. The number of halogens is 3. The summed E-state index contributed by atoms with van der Waals surface area (Å²) in [6.45, 7) is 0. The van der Waals surface area contributed by atoms with Crippen LogP contribution in [0.25, 0.3) is 11.0 Å². The molecule has 160 valence electrons. The van der Waals surface area contributed by atoms with Gasteiger partial charge in [0.25, 0.3) is 0 Å². The van der Waals surface area contributed by atoms with E-state index in [-0.39, 0.29) is 11.5 Å². The van der Waals surface area contributed by atoms with Crippen LogP contribution < -0.4 is 10.6 Å². The number of anilines is 2. The zero-order chi connectivity index (χ0) is 22.7. The number of ketones is 1. The van der Waals surface area contributed by atoms with Crippen molar-refractivity contribution in [1.29, 1.82) is 0 Å². The van der Waals surface area contributed by atoms with E-state index >= 15 is 0 Å². The largest absolute Gasteiger partial charge is 0.416 e. The van der Waals surface area contributed by atoms with Crippen LogP contribution in [0.15, 0.2) is 79.1 Å². The highest BCUT2D eigenvalue weighted by atomic mass is 19.4. The van der Waals surface area contributed by atoms with E-state index in [1.54, 1.807) is 42.6 Å². The van der Waals surface area contributed by atoms with Crippen LogP contribution in [-0.2, 0) is 6.18 Å². The molecule has 1 aromatic heterocycles. The molecular formula is C23H15F3N4O2. The summed E-state index contributed by atoms with van der Waals surface area (Å²) in [6.07, 6.45) is -1.43. The third kappa shape index (κ3) is 4.72. The maximum absolute atomic E-state index is 12.9. The monoisotopic (exact) mass is 436 g/mol. The standard InChI is InChI=1S/C23H15F3N4O2/c24-23(25,26)16-4-2-6-18(13-16)30-22(32)29-17-5-1-3-14(11-17)21(31)15-7-8-19-20(12-15)28-10-9-27-19/h1-13H,(H2,29,30,32). The highest BCUT2D eigenvalue weighted by molar-refractivity contribution is 6.11. The molecule has 2 amide bonds. The van der Waals surface area contributed by atoms with Gasteiger partial charge < -0.3 is 10.6 Å². The van der Waals surface area contributed by atoms with Gasteiger partial charge in [-0.15, -0.1) is 0 Å². The number of alkyl halides is 3. The number of hydrogen-bond acceptors (Lipinski definition) is 4. The highest BCUT2D eigenvalue weighted by Gasteiger charge is 2.30. The average molecular weight is 436 g/mol. The fourth-order valence-corrected chi connectivity index (χ4v) is 3.08. The summed E-state index contributed by atoms with van der Waals surface area (Å²) in [7, 11) is 0. The van der Waals surface area contributed by atoms with Gasteiger partial charge in [0.1, 0.15) is 0 Å². The number of amides is 2. The predicted molar refractivity (Wildman–Crippen MR) is 113 cm³/mol. The first-order chi connectivity index (χ1) is 15.3. The number of rotatable bonds is 4. The van der Waals surface area contributed by atoms with Crippen molar-refractivity contribution in [2.75, 3.05) is 10.6 Å². The van der Waals surface area contributed by atoms with Crippen molar-refractivity contribution in [3.8, 4) is 0 Å². The second kappa shape index (κ2) is 8.46. The molecule has 0 aliphatic rings. The molecule has 3 aromatic carbocycles. The van der Waals surface area contributed by atoms with Crippen LogP contribution in [0.5, 0.6) is 0 Å². The molecule has 0 bridgehead atoms. The molecule has 0 saturated heterocycles. The average Bonchev–Trinajstić information content (AvgIpc) is 2.78. The van der Waals surface area contributed by atoms with Gasteiger partial charge in [-0.2, -0.15) is 13.2 Å². The van der Waals surface area contributed by atoms with Crippen molar-refractivity contribution in [3.05, 3.63) is 95.8 Å². The van der Waals surface area contributed by atoms with Gasteiger partial charge in [0.05, 0.1) is 16.6 Å². The fourth-order valence-electron chi connectivity index (χ4n) is 3.08. The number of urea groups is 1. The van der Waals surface area contributed by atoms with Crippen molar-refractivity contribution < 1.29 is 22.8 Å². The maximum Gasteiger partial charge on any atom is 0.416 e. The van der Waals surface area contributed by atoms with E-state index in [4.69, 9.17) is 0 Å². The summed E-state index contributed by atoms with van der Waals surface area (Å²) >= 11 is 0. The zero-order valence-corrected chi connectivity index (χ0v) is 16.4. The first-order valence-corrected chi connectivity index (χ1v) is 9.40. The Kier molecular flexibility index (Phi) is 5.55. The quantitative estimate of drug-likeness (QED) is 0.413. The lowest BCUT2D eigenvalue weighted by Gasteiger charge is -2.11. The Hall–Kier alpha value is -4.27. The van der Waals surface area contributed by atoms with Crippen molar-refractivity contribution in [3.63, 3.8) is 0 Å². The SMILES string of the molecule is O=C(Nc1cccc(C(=O)c2ccc3nccnc3c2)c1)Nc1cccc(C(F)(F)F)c1. The second-order valence-corrected chi connectivity index (χ2v) is 6.83. The van der Waals surface area contributed by atoms with Crippen LogP contribution in [0, 0.1) is 0 Å². The molecule has 9 heteroatoms. The molecule has 6 nitrogen and oxygen atoms in total. The van der Waals surface area contributed by atoms with Gasteiger partial charge in [-0.1, -0.05) is 18.2 Å². The van der Waals surface area contributed by atoms with Crippen LogP contribution in [0.1, 0.15) is 21.5 Å². The van der Waals surface area contributed by atoms with E-state index in [2.05, 4.69) is 20.6 Å². The molecule has 0 radical (unpaired) electrons. The minimum Gasteiger partial charge on any atom is -0.308 e. The first-order valence-electron chi connectivity index (χ1n) is 9.40. The van der Waals surface area contributed by atoms with Crippen molar-refractivity contribution >= 4 is 34.2 Å². The summed E-state index contributed by atoms with van der Waals surface area (Å²) in [5, 5.41) is 4.87. The Labute approximate surface area is 180 Å². The van der Waals surface area contributed by atoms with Crippen LogP contribution in [-0.4, -0.2) is 21.8 Å². The third-order valence-corrected chi connectivity index (χ3v) is 4.56. The van der Waals surface area contributed by atoms with Gasteiger partial charge in [0.2, 0.25) is 0 Å². The summed E-state index contributed by atoms with van der Waals surface area (Å²) in [5.74, 6) is -0.278. The minimum atomic E-state index is -4.52. The van der Waals surface area contributed by atoms with E-state index < -0.39 is 17.8 Å². The Balaban J connectivity index is 1.49. The van der Waals surface area contributed by atoms with Gasteiger partial charge in [-0.25, -0.2) is 4.79 Å². The Morgan fingerprint density at radius 3 is 2.06 bits per heavy atom. The molecule has 0 saturated carbocycles. The van der Waals surface area contributed by atoms with Crippen molar-refractivity contribution in [1.82, 2.24) is 9.97 Å². The van der Waals surface area contributed by atoms with Crippen LogP contribution in [0.2, 0.25) is 0 Å². The molecule has 4 rings (SSSR count). The lowest BCUT2D eigenvalue weighted by Crippen LogP contribution is -2.20. The maximum atomic E-state index is 12.9. The van der Waals surface area contributed by atoms with E-state index in [0.717, 1.165) is 12.1 Å². The summed E-state index contributed by atoms with van der Waals surface area (Å²) < 4.78 is 38.5.